The monoisotopic (exact) mass is 282 g/mol. The van der Waals surface area contributed by atoms with Crippen molar-refractivity contribution in [1.29, 1.82) is 0 Å². The van der Waals surface area contributed by atoms with Gasteiger partial charge in [-0.25, -0.2) is 4.98 Å². The number of aromatic nitrogens is 1. The number of nitrogens with one attached hydrogen (secondary N) is 1. The number of rotatable bonds is 3. The van der Waals surface area contributed by atoms with Gasteiger partial charge in [0.1, 0.15) is 5.15 Å². The van der Waals surface area contributed by atoms with Crippen LogP contribution in [0.25, 0.3) is 0 Å². The quantitative estimate of drug-likeness (QED) is 0.837. The maximum absolute atomic E-state index is 12.0. The van der Waals surface area contributed by atoms with Crippen LogP contribution < -0.4 is 5.32 Å². The number of carbonyl (C=O) groups is 1. The lowest BCUT2D eigenvalue weighted by Crippen LogP contribution is -2.45. The van der Waals surface area contributed by atoms with Gasteiger partial charge in [-0.2, -0.15) is 0 Å². The number of hydrogen-bond donors (Lipinski definition) is 2. The maximum atomic E-state index is 12.0. The molecule has 2 unspecified atom stereocenters. The molecule has 0 aromatic carbocycles. The molecule has 1 aromatic heterocycles. The Hall–Kier alpha value is -1.13. The van der Waals surface area contributed by atoms with Gasteiger partial charge in [-0.05, 0) is 30.9 Å². The van der Waals surface area contributed by atoms with E-state index in [9.17, 15) is 9.90 Å². The summed E-state index contributed by atoms with van der Waals surface area (Å²) in [5, 5.41) is 13.5. The lowest BCUT2D eigenvalue weighted by Gasteiger charge is -2.35. The van der Waals surface area contributed by atoms with Gasteiger partial charge < -0.3 is 10.4 Å². The molecule has 2 rings (SSSR count). The van der Waals surface area contributed by atoms with Crippen molar-refractivity contribution in [1.82, 2.24) is 10.3 Å². The minimum Gasteiger partial charge on any atom is -0.388 e. The lowest BCUT2D eigenvalue weighted by molar-refractivity contribution is -0.0109. The van der Waals surface area contributed by atoms with Crippen molar-refractivity contribution < 1.29 is 9.90 Å². The Balaban J connectivity index is 1.93. The molecule has 0 aliphatic heterocycles. The van der Waals surface area contributed by atoms with Crippen LogP contribution in [0.2, 0.25) is 5.15 Å². The highest BCUT2D eigenvalue weighted by Gasteiger charge is 2.32. The first-order valence-electron chi connectivity index (χ1n) is 6.61. The van der Waals surface area contributed by atoms with Crippen LogP contribution in [-0.4, -0.2) is 28.1 Å². The molecule has 5 heteroatoms. The van der Waals surface area contributed by atoms with Crippen LogP contribution >= 0.6 is 11.6 Å². The number of pyridine rings is 1. The second-order valence-electron chi connectivity index (χ2n) is 5.48. The van der Waals surface area contributed by atoms with E-state index in [1.54, 1.807) is 6.07 Å². The number of halogens is 1. The van der Waals surface area contributed by atoms with Gasteiger partial charge in [0.05, 0.1) is 5.60 Å². The van der Waals surface area contributed by atoms with Gasteiger partial charge in [0.15, 0.2) is 0 Å². The predicted octanol–water partition coefficient (Wildman–Crippen LogP) is 2.41. The molecule has 1 heterocycles. The molecule has 0 radical (unpaired) electrons. The Kier molecular flexibility index (Phi) is 4.42. The van der Waals surface area contributed by atoms with E-state index in [-0.39, 0.29) is 17.6 Å². The second-order valence-corrected chi connectivity index (χ2v) is 5.86. The average molecular weight is 283 g/mol. The van der Waals surface area contributed by atoms with Crippen molar-refractivity contribution in [3.8, 4) is 0 Å². The average Bonchev–Trinajstić information content (AvgIpc) is 2.36. The van der Waals surface area contributed by atoms with Crippen molar-refractivity contribution in [2.75, 3.05) is 6.54 Å². The Morgan fingerprint density at radius 3 is 3.16 bits per heavy atom. The Morgan fingerprint density at radius 1 is 1.68 bits per heavy atom. The summed E-state index contributed by atoms with van der Waals surface area (Å²) in [6.45, 7) is 2.42. The molecule has 4 nitrogen and oxygen atoms in total. The van der Waals surface area contributed by atoms with Crippen LogP contribution in [0.1, 0.15) is 43.0 Å². The third-order valence-electron chi connectivity index (χ3n) is 3.63. The summed E-state index contributed by atoms with van der Waals surface area (Å²) in [6, 6.07) is 3.12. The van der Waals surface area contributed by atoms with Crippen molar-refractivity contribution in [3.63, 3.8) is 0 Å². The molecule has 104 valence electrons. The second kappa shape index (κ2) is 5.88. The molecule has 0 spiro atoms. The predicted molar refractivity (Wildman–Crippen MR) is 74.2 cm³/mol. The number of amides is 1. The van der Waals surface area contributed by atoms with Crippen LogP contribution in [0.4, 0.5) is 0 Å². The fourth-order valence-corrected chi connectivity index (χ4v) is 2.86. The number of aliphatic hydroxyl groups is 1. The van der Waals surface area contributed by atoms with Gasteiger partial charge in [0.2, 0.25) is 0 Å². The van der Waals surface area contributed by atoms with Crippen molar-refractivity contribution in [3.05, 3.63) is 29.0 Å². The normalized spacial score (nSPS) is 27.0. The zero-order valence-corrected chi connectivity index (χ0v) is 11.8. The lowest BCUT2D eigenvalue weighted by atomic mass is 9.79. The zero-order chi connectivity index (χ0) is 13.9. The highest BCUT2D eigenvalue weighted by molar-refractivity contribution is 6.29. The molecule has 1 amide bonds. The number of carbonyl (C=O) groups excluding carboxylic acids is 1. The van der Waals surface area contributed by atoms with Gasteiger partial charge >= 0.3 is 0 Å². The van der Waals surface area contributed by atoms with E-state index in [2.05, 4.69) is 17.2 Å². The molecule has 1 aliphatic carbocycles. The third-order valence-corrected chi connectivity index (χ3v) is 3.84. The molecule has 1 saturated carbocycles. The number of hydrogen-bond acceptors (Lipinski definition) is 3. The molecule has 1 fully saturated rings. The maximum Gasteiger partial charge on any atom is 0.251 e. The summed E-state index contributed by atoms with van der Waals surface area (Å²) in [7, 11) is 0. The van der Waals surface area contributed by atoms with Crippen molar-refractivity contribution >= 4 is 17.5 Å². The molecule has 19 heavy (non-hydrogen) atoms. The molecule has 1 aromatic rings. The van der Waals surface area contributed by atoms with E-state index in [0.717, 1.165) is 25.7 Å². The molecule has 0 bridgehead atoms. The van der Waals surface area contributed by atoms with Crippen molar-refractivity contribution in [2.24, 2.45) is 5.92 Å². The summed E-state index contributed by atoms with van der Waals surface area (Å²) in [5.41, 5.74) is -0.308. The summed E-state index contributed by atoms with van der Waals surface area (Å²) >= 11 is 5.74. The molecule has 1 aliphatic rings. The van der Waals surface area contributed by atoms with E-state index in [0.29, 0.717) is 11.5 Å². The van der Waals surface area contributed by atoms with Gasteiger partial charge in [0.25, 0.3) is 5.91 Å². The first-order chi connectivity index (χ1) is 8.98. The molecule has 2 N–H and O–H groups in total. The fourth-order valence-electron chi connectivity index (χ4n) is 2.68. The van der Waals surface area contributed by atoms with E-state index in [1.165, 1.54) is 12.3 Å². The smallest absolute Gasteiger partial charge is 0.251 e. The largest absolute Gasteiger partial charge is 0.388 e. The Bertz CT molecular complexity index is 467. The van der Waals surface area contributed by atoms with E-state index < -0.39 is 5.60 Å². The Morgan fingerprint density at radius 2 is 2.47 bits per heavy atom. The van der Waals surface area contributed by atoms with E-state index >= 15 is 0 Å². The third kappa shape index (κ3) is 3.91. The van der Waals surface area contributed by atoms with E-state index in [4.69, 9.17) is 11.6 Å². The van der Waals surface area contributed by atoms with E-state index in [1.807, 2.05) is 0 Å². The van der Waals surface area contributed by atoms with Gasteiger partial charge in [-0.1, -0.05) is 31.4 Å². The van der Waals surface area contributed by atoms with Gasteiger partial charge in [0, 0.05) is 18.3 Å². The molecule has 0 saturated heterocycles. The fraction of sp³-hybridized carbons (Fsp3) is 0.571. The SMILES string of the molecule is CC1CCCC(O)(CNC(=O)c2ccnc(Cl)c2)C1. The molecule has 2 atom stereocenters. The van der Waals surface area contributed by atoms with Gasteiger partial charge in [-0.3, -0.25) is 4.79 Å². The first kappa shape index (κ1) is 14.3. The van der Waals surface area contributed by atoms with Crippen molar-refractivity contribution in [2.45, 2.75) is 38.2 Å². The zero-order valence-electron chi connectivity index (χ0n) is 11.0. The van der Waals surface area contributed by atoms with Crippen LogP contribution in [-0.2, 0) is 0 Å². The van der Waals surface area contributed by atoms with Crippen LogP contribution in [0.15, 0.2) is 18.3 Å². The van der Waals surface area contributed by atoms with Crippen LogP contribution in [0.3, 0.4) is 0 Å². The Labute approximate surface area is 118 Å². The summed E-state index contributed by atoms with van der Waals surface area (Å²) in [6.07, 6.45) is 5.14. The van der Waals surface area contributed by atoms with Gasteiger partial charge in [-0.15, -0.1) is 0 Å². The number of nitrogens with zero attached hydrogens (tertiary/aromatic N) is 1. The molecular formula is C14H19ClN2O2. The first-order valence-corrected chi connectivity index (χ1v) is 6.98. The summed E-state index contributed by atoms with van der Waals surface area (Å²) in [5.74, 6) is 0.280. The minimum atomic E-state index is -0.774. The highest BCUT2D eigenvalue weighted by atomic mass is 35.5. The standard InChI is InChI=1S/C14H19ClN2O2/c1-10-3-2-5-14(19,8-10)9-17-13(18)11-4-6-16-12(15)7-11/h4,6-7,10,19H,2-3,5,8-9H2,1H3,(H,17,18). The van der Waals surface area contributed by atoms with Crippen LogP contribution in [0, 0.1) is 5.92 Å². The summed E-state index contributed by atoms with van der Waals surface area (Å²) < 4.78 is 0. The van der Waals surface area contributed by atoms with Crippen LogP contribution in [0.5, 0.6) is 0 Å². The highest BCUT2D eigenvalue weighted by Crippen LogP contribution is 2.31. The summed E-state index contributed by atoms with van der Waals surface area (Å²) in [4.78, 5) is 15.8. The topological polar surface area (TPSA) is 62.2 Å². The minimum absolute atomic E-state index is 0.226. The molecular weight excluding hydrogens is 264 g/mol.